The van der Waals surface area contributed by atoms with Crippen molar-refractivity contribution in [3.05, 3.63) is 36.0 Å². The number of benzene rings is 1. The van der Waals surface area contributed by atoms with Gasteiger partial charge in [0.1, 0.15) is 5.78 Å². The molecule has 84 valence electrons. The van der Waals surface area contributed by atoms with Gasteiger partial charge in [-0.1, -0.05) is 18.2 Å². The lowest BCUT2D eigenvalue weighted by atomic mass is 10.2. The van der Waals surface area contributed by atoms with Gasteiger partial charge in [0.2, 0.25) is 0 Å². The van der Waals surface area contributed by atoms with Gasteiger partial charge >= 0.3 is 0 Å². The molecular formula is C14H17NO. The van der Waals surface area contributed by atoms with Crippen molar-refractivity contribution in [1.82, 2.24) is 4.57 Å². The largest absolute Gasteiger partial charge is 0.345 e. The average Bonchev–Trinajstić information content (AvgIpc) is 2.55. The van der Waals surface area contributed by atoms with E-state index in [0.29, 0.717) is 6.42 Å². The van der Waals surface area contributed by atoms with E-state index in [2.05, 4.69) is 41.8 Å². The van der Waals surface area contributed by atoms with Crippen molar-refractivity contribution in [3.8, 4) is 0 Å². The number of aryl methyl sites for hydroxylation is 2. The lowest BCUT2D eigenvalue weighted by molar-refractivity contribution is -0.117. The fourth-order valence-electron chi connectivity index (χ4n) is 2.13. The molecule has 0 saturated heterocycles. The Labute approximate surface area is 95.9 Å². The summed E-state index contributed by atoms with van der Waals surface area (Å²) in [6.07, 6.45) is 1.60. The second-order valence-corrected chi connectivity index (χ2v) is 4.30. The zero-order valence-electron chi connectivity index (χ0n) is 9.86. The van der Waals surface area contributed by atoms with Crippen molar-refractivity contribution in [3.63, 3.8) is 0 Å². The van der Waals surface area contributed by atoms with Gasteiger partial charge in [0, 0.05) is 24.2 Å². The first-order valence-electron chi connectivity index (χ1n) is 5.73. The zero-order chi connectivity index (χ0) is 11.5. The molecule has 2 rings (SSSR count). The van der Waals surface area contributed by atoms with E-state index in [4.69, 9.17) is 0 Å². The summed E-state index contributed by atoms with van der Waals surface area (Å²) in [4.78, 5) is 10.9. The van der Waals surface area contributed by atoms with Crippen molar-refractivity contribution in [1.29, 1.82) is 0 Å². The maximum atomic E-state index is 10.9. The average molecular weight is 215 g/mol. The molecule has 0 atom stereocenters. The van der Waals surface area contributed by atoms with Gasteiger partial charge in [-0.25, -0.2) is 0 Å². The fraction of sp³-hybridized carbons (Fsp3) is 0.357. The minimum Gasteiger partial charge on any atom is -0.345 e. The molecule has 0 amide bonds. The van der Waals surface area contributed by atoms with Gasteiger partial charge in [-0.15, -0.1) is 0 Å². The number of ketones is 1. The number of rotatable bonds is 4. The molecule has 2 heteroatoms. The van der Waals surface area contributed by atoms with E-state index in [1.807, 2.05) is 0 Å². The summed E-state index contributed by atoms with van der Waals surface area (Å²) in [5.41, 5.74) is 2.54. The minimum absolute atomic E-state index is 0.272. The molecule has 0 saturated carbocycles. The van der Waals surface area contributed by atoms with Gasteiger partial charge in [0.25, 0.3) is 0 Å². The Morgan fingerprint density at radius 3 is 2.81 bits per heavy atom. The molecule has 0 spiro atoms. The summed E-state index contributed by atoms with van der Waals surface area (Å²) < 4.78 is 2.29. The first kappa shape index (κ1) is 10.9. The molecule has 2 nitrogen and oxygen atoms in total. The van der Waals surface area contributed by atoms with Crippen LogP contribution in [0.1, 0.15) is 25.5 Å². The smallest absolute Gasteiger partial charge is 0.129 e. The molecule has 0 aliphatic carbocycles. The molecule has 2 aromatic rings. The number of hydrogen-bond acceptors (Lipinski definition) is 1. The Morgan fingerprint density at radius 1 is 1.31 bits per heavy atom. The van der Waals surface area contributed by atoms with Crippen molar-refractivity contribution < 1.29 is 4.79 Å². The highest BCUT2D eigenvalue weighted by Gasteiger charge is 2.04. The van der Waals surface area contributed by atoms with Gasteiger partial charge < -0.3 is 9.36 Å². The van der Waals surface area contributed by atoms with Crippen molar-refractivity contribution >= 4 is 16.7 Å². The van der Waals surface area contributed by atoms with E-state index in [9.17, 15) is 4.79 Å². The number of carbonyl (C=O) groups excluding carboxylic acids is 1. The predicted octanol–water partition coefficient (Wildman–Crippen LogP) is 3.32. The third-order valence-electron chi connectivity index (χ3n) is 2.93. The Morgan fingerprint density at radius 2 is 2.06 bits per heavy atom. The number of hydrogen-bond donors (Lipinski definition) is 0. The zero-order valence-corrected chi connectivity index (χ0v) is 9.86. The van der Waals surface area contributed by atoms with E-state index in [-0.39, 0.29) is 5.78 Å². The van der Waals surface area contributed by atoms with Crippen LogP contribution in [-0.2, 0) is 11.3 Å². The molecule has 0 unspecified atom stereocenters. The molecule has 0 radical (unpaired) electrons. The molecule has 0 aliphatic heterocycles. The highest BCUT2D eigenvalue weighted by molar-refractivity contribution is 5.81. The summed E-state index contributed by atoms with van der Waals surface area (Å²) in [6.45, 7) is 4.70. The second kappa shape index (κ2) is 4.52. The van der Waals surface area contributed by atoms with Gasteiger partial charge in [-0.05, 0) is 37.8 Å². The summed E-state index contributed by atoms with van der Waals surface area (Å²) in [5.74, 6) is 0.272. The van der Waals surface area contributed by atoms with Crippen LogP contribution in [0.2, 0.25) is 0 Å². The standard InChI is InChI=1S/C14H17NO/c1-11-10-13-7-3-4-8-14(13)15(11)9-5-6-12(2)16/h3-4,7-8,10H,5-6,9H2,1-2H3. The lowest BCUT2D eigenvalue weighted by Gasteiger charge is -2.07. The van der Waals surface area contributed by atoms with Crippen molar-refractivity contribution in [2.45, 2.75) is 33.2 Å². The summed E-state index contributed by atoms with van der Waals surface area (Å²) in [5, 5.41) is 1.28. The summed E-state index contributed by atoms with van der Waals surface area (Å²) >= 11 is 0. The van der Waals surface area contributed by atoms with Crippen LogP contribution in [0.15, 0.2) is 30.3 Å². The molecule has 0 fully saturated rings. The second-order valence-electron chi connectivity index (χ2n) is 4.30. The van der Waals surface area contributed by atoms with Crippen LogP contribution in [0.3, 0.4) is 0 Å². The number of carbonyl (C=O) groups is 1. The monoisotopic (exact) mass is 215 g/mol. The first-order chi connectivity index (χ1) is 7.68. The van der Waals surface area contributed by atoms with Crippen LogP contribution in [0, 0.1) is 6.92 Å². The molecule has 0 aliphatic rings. The third kappa shape index (κ3) is 2.16. The highest BCUT2D eigenvalue weighted by atomic mass is 16.1. The van der Waals surface area contributed by atoms with E-state index in [1.54, 1.807) is 6.92 Å². The number of fused-ring (bicyclic) bond motifs is 1. The van der Waals surface area contributed by atoms with Gasteiger partial charge in [0.15, 0.2) is 0 Å². The summed E-state index contributed by atoms with van der Waals surface area (Å²) in [7, 11) is 0. The molecular weight excluding hydrogens is 198 g/mol. The molecule has 0 N–H and O–H groups in total. The maximum Gasteiger partial charge on any atom is 0.129 e. The van der Waals surface area contributed by atoms with E-state index >= 15 is 0 Å². The van der Waals surface area contributed by atoms with Crippen molar-refractivity contribution in [2.24, 2.45) is 0 Å². The van der Waals surface area contributed by atoms with Crippen LogP contribution in [0.25, 0.3) is 10.9 Å². The van der Waals surface area contributed by atoms with Crippen LogP contribution < -0.4 is 0 Å². The Kier molecular flexibility index (Phi) is 3.09. The molecule has 16 heavy (non-hydrogen) atoms. The van der Waals surface area contributed by atoms with Crippen LogP contribution in [-0.4, -0.2) is 10.4 Å². The minimum atomic E-state index is 0.272. The molecule has 1 aromatic heterocycles. The van der Waals surface area contributed by atoms with Gasteiger partial charge in [-0.2, -0.15) is 0 Å². The quantitative estimate of drug-likeness (QED) is 0.766. The van der Waals surface area contributed by atoms with E-state index in [0.717, 1.165) is 13.0 Å². The van der Waals surface area contributed by atoms with E-state index < -0.39 is 0 Å². The molecule has 1 heterocycles. The first-order valence-corrected chi connectivity index (χ1v) is 5.73. The topological polar surface area (TPSA) is 22.0 Å². The summed E-state index contributed by atoms with van der Waals surface area (Å²) in [6, 6.07) is 10.6. The number of para-hydroxylation sites is 1. The van der Waals surface area contributed by atoms with Gasteiger partial charge in [-0.3, -0.25) is 0 Å². The van der Waals surface area contributed by atoms with Crippen LogP contribution in [0.5, 0.6) is 0 Å². The molecule has 1 aromatic carbocycles. The van der Waals surface area contributed by atoms with Gasteiger partial charge in [0.05, 0.1) is 0 Å². The van der Waals surface area contributed by atoms with Crippen molar-refractivity contribution in [2.75, 3.05) is 0 Å². The Bertz CT molecular complexity index is 510. The Hall–Kier alpha value is -1.57. The number of Topliss-reactive ketones (excluding diaryl/α,β-unsaturated/α-hetero) is 1. The Balaban J connectivity index is 2.22. The SMILES string of the molecule is CC(=O)CCCn1c(C)cc2ccccc21. The normalized spacial score (nSPS) is 10.9. The van der Waals surface area contributed by atoms with Crippen LogP contribution in [0.4, 0.5) is 0 Å². The van der Waals surface area contributed by atoms with Crippen LogP contribution >= 0.6 is 0 Å². The number of aromatic nitrogens is 1. The molecule has 0 bridgehead atoms. The lowest BCUT2D eigenvalue weighted by Crippen LogP contribution is -2.01. The van der Waals surface area contributed by atoms with E-state index in [1.165, 1.54) is 16.6 Å². The fourth-order valence-corrected chi connectivity index (χ4v) is 2.13. The third-order valence-corrected chi connectivity index (χ3v) is 2.93. The predicted molar refractivity (Wildman–Crippen MR) is 66.6 cm³/mol. The number of nitrogens with zero attached hydrogens (tertiary/aromatic N) is 1. The maximum absolute atomic E-state index is 10.9. The highest BCUT2D eigenvalue weighted by Crippen LogP contribution is 2.19.